The molecular weight excluding hydrogens is 296 g/mol. The van der Waals surface area contributed by atoms with E-state index in [1.54, 1.807) is 25.2 Å². The highest BCUT2D eigenvalue weighted by Gasteiger charge is 2.21. The van der Waals surface area contributed by atoms with Crippen molar-refractivity contribution in [1.29, 1.82) is 0 Å². The third-order valence-corrected chi connectivity index (χ3v) is 4.29. The molecule has 2 aromatic rings. The first-order valence-corrected chi connectivity index (χ1v) is 8.07. The van der Waals surface area contributed by atoms with Crippen molar-refractivity contribution in [3.05, 3.63) is 39.7 Å². The molecule has 0 saturated heterocycles. The average molecular weight is 318 g/mol. The topological polar surface area (TPSA) is 62.2 Å². The summed E-state index contributed by atoms with van der Waals surface area (Å²) in [4.78, 5) is 17.7. The Balaban J connectivity index is 2.22. The van der Waals surface area contributed by atoms with Crippen LogP contribution in [-0.4, -0.2) is 28.1 Å². The van der Waals surface area contributed by atoms with Crippen molar-refractivity contribution < 1.29 is 9.90 Å². The molecule has 0 aliphatic heterocycles. The van der Waals surface area contributed by atoms with Crippen LogP contribution < -0.4 is 5.32 Å². The lowest BCUT2D eigenvalue weighted by Crippen LogP contribution is -2.46. The summed E-state index contributed by atoms with van der Waals surface area (Å²) >= 11 is 1.54. The summed E-state index contributed by atoms with van der Waals surface area (Å²) in [7, 11) is 0. The summed E-state index contributed by atoms with van der Waals surface area (Å²) in [5.74, 6) is -0.101. The van der Waals surface area contributed by atoms with Crippen molar-refractivity contribution in [2.45, 2.75) is 39.7 Å². The molecule has 0 atom stereocenters. The molecule has 118 valence electrons. The van der Waals surface area contributed by atoms with Gasteiger partial charge in [0.05, 0.1) is 29.3 Å². The largest absolute Gasteiger partial charge is 0.394 e. The Morgan fingerprint density at radius 1 is 1.27 bits per heavy atom. The molecule has 0 spiro atoms. The van der Waals surface area contributed by atoms with E-state index in [4.69, 9.17) is 0 Å². The standard InChI is InChI=1S/C17H22N2O2S/c1-11-5-7-13(8-6-11)16-14(22-12(2)18-16)9-15(21)19-17(3,4)10-20/h5-8,20H,9-10H2,1-4H3,(H,19,21). The lowest BCUT2D eigenvalue weighted by molar-refractivity contribution is -0.122. The number of aliphatic hydroxyl groups excluding tert-OH is 1. The Morgan fingerprint density at radius 3 is 2.50 bits per heavy atom. The number of benzene rings is 1. The zero-order valence-electron chi connectivity index (χ0n) is 13.4. The van der Waals surface area contributed by atoms with Gasteiger partial charge in [-0.05, 0) is 27.7 Å². The van der Waals surface area contributed by atoms with Gasteiger partial charge in [0.25, 0.3) is 0 Å². The molecule has 0 bridgehead atoms. The number of nitrogens with zero attached hydrogens (tertiary/aromatic N) is 1. The molecule has 0 saturated carbocycles. The van der Waals surface area contributed by atoms with Gasteiger partial charge in [-0.2, -0.15) is 0 Å². The molecular formula is C17H22N2O2S. The number of rotatable bonds is 5. The number of aryl methyl sites for hydroxylation is 2. The first kappa shape index (κ1) is 16.6. The maximum atomic E-state index is 12.2. The van der Waals surface area contributed by atoms with Gasteiger partial charge in [0, 0.05) is 10.4 Å². The second-order valence-corrected chi connectivity index (χ2v) is 7.43. The lowest BCUT2D eigenvalue weighted by Gasteiger charge is -2.23. The SMILES string of the molecule is Cc1ccc(-c2nc(C)sc2CC(=O)NC(C)(C)CO)cc1. The maximum absolute atomic E-state index is 12.2. The molecule has 1 aromatic heterocycles. The van der Waals surface area contributed by atoms with E-state index in [1.165, 1.54) is 5.56 Å². The molecule has 5 heteroatoms. The number of hydrogen-bond acceptors (Lipinski definition) is 4. The van der Waals surface area contributed by atoms with E-state index in [-0.39, 0.29) is 18.9 Å². The highest BCUT2D eigenvalue weighted by Crippen LogP contribution is 2.28. The number of nitrogens with one attached hydrogen (secondary N) is 1. The van der Waals surface area contributed by atoms with Crippen molar-refractivity contribution in [2.75, 3.05) is 6.61 Å². The van der Waals surface area contributed by atoms with Gasteiger partial charge in [0.15, 0.2) is 0 Å². The number of thiazole rings is 1. The number of aromatic nitrogens is 1. The Bertz CT molecular complexity index is 660. The van der Waals surface area contributed by atoms with Crippen molar-refractivity contribution in [3.8, 4) is 11.3 Å². The zero-order chi connectivity index (χ0) is 16.3. The average Bonchev–Trinajstić information content (AvgIpc) is 2.79. The molecule has 0 radical (unpaired) electrons. The Morgan fingerprint density at radius 2 is 1.91 bits per heavy atom. The fraction of sp³-hybridized carbons (Fsp3) is 0.412. The lowest BCUT2D eigenvalue weighted by atomic mass is 10.1. The van der Waals surface area contributed by atoms with Crippen LogP contribution in [0, 0.1) is 13.8 Å². The molecule has 0 unspecified atom stereocenters. The summed E-state index contributed by atoms with van der Waals surface area (Å²) in [6, 6.07) is 8.15. The number of aliphatic hydroxyl groups is 1. The van der Waals surface area contributed by atoms with Crippen LogP contribution in [0.25, 0.3) is 11.3 Å². The van der Waals surface area contributed by atoms with Crippen LogP contribution in [0.4, 0.5) is 0 Å². The van der Waals surface area contributed by atoms with E-state index in [0.29, 0.717) is 0 Å². The Hall–Kier alpha value is -1.72. The van der Waals surface area contributed by atoms with Gasteiger partial charge in [-0.3, -0.25) is 4.79 Å². The quantitative estimate of drug-likeness (QED) is 0.891. The third kappa shape index (κ3) is 4.15. The van der Waals surface area contributed by atoms with E-state index < -0.39 is 5.54 Å². The van der Waals surface area contributed by atoms with E-state index >= 15 is 0 Å². The fourth-order valence-corrected chi connectivity index (χ4v) is 3.09. The fourth-order valence-electron chi connectivity index (χ4n) is 2.13. The molecule has 1 aromatic carbocycles. The number of amides is 1. The van der Waals surface area contributed by atoms with Crippen molar-refractivity contribution >= 4 is 17.2 Å². The first-order chi connectivity index (χ1) is 10.3. The zero-order valence-corrected chi connectivity index (χ0v) is 14.3. The number of carbonyl (C=O) groups is 1. The molecule has 1 amide bonds. The Kier molecular flexibility index (Phi) is 4.98. The van der Waals surface area contributed by atoms with Gasteiger partial charge >= 0.3 is 0 Å². The monoisotopic (exact) mass is 318 g/mol. The molecule has 0 aliphatic rings. The van der Waals surface area contributed by atoms with Crippen molar-refractivity contribution in [1.82, 2.24) is 10.3 Å². The molecule has 2 N–H and O–H groups in total. The summed E-state index contributed by atoms with van der Waals surface area (Å²) in [5, 5.41) is 13.0. The van der Waals surface area contributed by atoms with Crippen LogP contribution in [0.3, 0.4) is 0 Å². The minimum atomic E-state index is -0.610. The van der Waals surface area contributed by atoms with Gasteiger partial charge in [0.2, 0.25) is 5.91 Å². The van der Waals surface area contributed by atoms with Crippen LogP contribution in [-0.2, 0) is 11.2 Å². The Labute approximate surface area is 135 Å². The van der Waals surface area contributed by atoms with E-state index in [0.717, 1.165) is 21.1 Å². The summed E-state index contributed by atoms with van der Waals surface area (Å²) < 4.78 is 0. The van der Waals surface area contributed by atoms with Gasteiger partial charge in [-0.1, -0.05) is 29.8 Å². The summed E-state index contributed by atoms with van der Waals surface area (Å²) in [6.45, 7) is 7.49. The molecule has 0 aliphatic carbocycles. The highest BCUT2D eigenvalue weighted by molar-refractivity contribution is 7.12. The minimum absolute atomic E-state index is 0.0920. The minimum Gasteiger partial charge on any atom is -0.394 e. The van der Waals surface area contributed by atoms with Gasteiger partial charge < -0.3 is 10.4 Å². The molecule has 2 rings (SSSR count). The number of hydrogen-bond donors (Lipinski definition) is 2. The molecule has 0 fully saturated rings. The van der Waals surface area contributed by atoms with Crippen molar-refractivity contribution in [2.24, 2.45) is 0 Å². The second kappa shape index (κ2) is 6.58. The highest BCUT2D eigenvalue weighted by atomic mass is 32.1. The van der Waals surface area contributed by atoms with E-state index in [2.05, 4.69) is 10.3 Å². The van der Waals surface area contributed by atoms with E-state index in [1.807, 2.05) is 38.1 Å². The summed E-state index contributed by atoms with van der Waals surface area (Å²) in [6.07, 6.45) is 0.276. The van der Waals surface area contributed by atoms with Crippen LogP contribution >= 0.6 is 11.3 Å². The predicted molar refractivity (Wildman–Crippen MR) is 90.0 cm³/mol. The second-order valence-electron chi connectivity index (χ2n) is 6.14. The number of carbonyl (C=O) groups excluding carboxylic acids is 1. The van der Waals surface area contributed by atoms with Crippen LogP contribution in [0.5, 0.6) is 0 Å². The molecule has 22 heavy (non-hydrogen) atoms. The maximum Gasteiger partial charge on any atom is 0.225 e. The molecule has 1 heterocycles. The molecule has 4 nitrogen and oxygen atoms in total. The van der Waals surface area contributed by atoms with Crippen molar-refractivity contribution in [3.63, 3.8) is 0 Å². The van der Waals surface area contributed by atoms with Gasteiger partial charge in [-0.25, -0.2) is 4.98 Å². The predicted octanol–water partition coefficient (Wildman–Crippen LogP) is 2.86. The van der Waals surface area contributed by atoms with Gasteiger partial charge in [0.1, 0.15) is 0 Å². The van der Waals surface area contributed by atoms with Crippen LogP contribution in [0.1, 0.15) is 29.3 Å². The third-order valence-electron chi connectivity index (χ3n) is 3.32. The normalized spacial score (nSPS) is 11.5. The van der Waals surface area contributed by atoms with Crippen LogP contribution in [0.2, 0.25) is 0 Å². The van der Waals surface area contributed by atoms with Gasteiger partial charge in [-0.15, -0.1) is 11.3 Å². The smallest absolute Gasteiger partial charge is 0.225 e. The van der Waals surface area contributed by atoms with Crippen LogP contribution in [0.15, 0.2) is 24.3 Å². The first-order valence-electron chi connectivity index (χ1n) is 7.26. The van der Waals surface area contributed by atoms with E-state index in [9.17, 15) is 9.90 Å². The summed E-state index contributed by atoms with van der Waals surface area (Å²) in [5.41, 5.74) is 2.49.